The van der Waals surface area contributed by atoms with Gasteiger partial charge in [-0.2, -0.15) is 10.2 Å². The number of hydrazone groups is 2. The Hall–Kier alpha value is -3.36. The van der Waals surface area contributed by atoms with Crippen LogP contribution in [0.4, 0.5) is 0 Å². The van der Waals surface area contributed by atoms with Gasteiger partial charge in [-0.05, 0) is 21.5 Å². The van der Waals surface area contributed by atoms with Gasteiger partial charge in [-0.3, -0.25) is 9.98 Å². The number of benzene rings is 3. The van der Waals surface area contributed by atoms with Gasteiger partial charge in [-0.15, -0.1) is 24.8 Å². The van der Waals surface area contributed by atoms with Crippen molar-refractivity contribution in [1.82, 2.24) is 21.5 Å². The summed E-state index contributed by atoms with van der Waals surface area (Å²) in [5.41, 5.74) is 8.58. The van der Waals surface area contributed by atoms with Gasteiger partial charge in [0.25, 0.3) is 0 Å². The third kappa shape index (κ3) is 6.55. The molecule has 202 valence electrons. The van der Waals surface area contributed by atoms with Gasteiger partial charge in [-0.25, -0.2) is 10.9 Å². The fourth-order valence-corrected chi connectivity index (χ4v) is 4.40. The SMILES string of the molecule is CC1(C)CN=C(N/N=C/c2c3ccccc3c(/C=N/NC3=NCC(C)(C)CN3)c3ccccc23)NC1.Cl.Cl. The second kappa shape index (κ2) is 12.0. The number of aliphatic imine (C=N–C) groups is 2. The minimum Gasteiger partial charge on any atom is -0.354 e. The topological polar surface area (TPSA) is 97.6 Å². The van der Waals surface area contributed by atoms with Crippen LogP contribution in [0.1, 0.15) is 38.8 Å². The molecule has 5 rings (SSSR count). The lowest BCUT2D eigenvalue weighted by molar-refractivity contribution is 0.358. The Balaban J connectivity index is 0.00000200. The van der Waals surface area contributed by atoms with Gasteiger partial charge >= 0.3 is 0 Å². The van der Waals surface area contributed by atoms with E-state index in [0.29, 0.717) is 11.9 Å². The fraction of sp³-hybridized carbons (Fsp3) is 0.357. The fourth-order valence-electron chi connectivity index (χ4n) is 4.40. The highest BCUT2D eigenvalue weighted by molar-refractivity contribution is 6.21. The summed E-state index contributed by atoms with van der Waals surface area (Å²) in [6, 6.07) is 16.7. The van der Waals surface area contributed by atoms with E-state index in [1.807, 2.05) is 12.4 Å². The number of hydrogen-bond donors (Lipinski definition) is 4. The van der Waals surface area contributed by atoms with Crippen LogP contribution >= 0.6 is 24.8 Å². The number of halogens is 2. The first-order chi connectivity index (χ1) is 17.3. The molecule has 0 atom stereocenters. The van der Waals surface area contributed by atoms with Crippen molar-refractivity contribution in [2.45, 2.75) is 27.7 Å². The van der Waals surface area contributed by atoms with E-state index in [0.717, 1.165) is 58.9 Å². The molecule has 38 heavy (non-hydrogen) atoms. The zero-order valence-electron chi connectivity index (χ0n) is 22.2. The zero-order valence-corrected chi connectivity index (χ0v) is 23.8. The molecule has 10 heteroatoms. The summed E-state index contributed by atoms with van der Waals surface area (Å²) in [6.07, 6.45) is 3.77. The Bertz CT molecular complexity index is 1250. The van der Waals surface area contributed by atoms with Crippen LogP contribution in [-0.2, 0) is 0 Å². The van der Waals surface area contributed by atoms with E-state index < -0.39 is 0 Å². The number of guanidine groups is 2. The molecule has 0 aromatic heterocycles. The zero-order chi connectivity index (χ0) is 25.2. The van der Waals surface area contributed by atoms with E-state index in [9.17, 15) is 0 Å². The van der Waals surface area contributed by atoms with Gasteiger partial charge in [0.15, 0.2) is 0 Å². The standard InChI is InChI=1S/C28H34N8.2ClH/c1-27(2)15-29-25(30-16-27)35-33-13-23-19-9-5-7-11-21(19)24(22-12-8-6-10-20(22)23)14-34-36-26-31-17-28(3,4)18-32-26;;/h5-14H,15-18H2,1-4H3,(H2,29,30,35)(H2,31,32,36);2*1H/b33-13+,34-14+;;. The summed E-state index contributed by atoms with van der Waals surface area (Å²) < 4.78 is 0. The third-order valence-electron chi connectivity index (χ3n) is 6.54. The molecule has 2 aliphatic rings. The van der Waals surface area contributed by atoms with Gasteiger partial charge in [0.1, 0.15) is 0 Å². The van der Waals surface area contributed by atoms with Gasteiger partial charge in [-0.1, -0.05) is 76.2 Å². The van der Waals surface area contributed by atoms with Crippen molar-refractivity contribution in [2.75, 3.05) is 26.2 Å². The van der Waals surface area contributed by atoms with Gasteiger partial charge in [0, 0.05) is 48.1 Å². The average Bonchev–Trinajstić information content (AvgIpc) is 2.87. The molecule has 0 spiro atoms. The van der Waals surface area contributed by atoms with Gasteiger partial charge in [0.2, 0.25) is 11.9 Å². The molecule has 0 unspecified atom stereocenters. The van der Waals surface area contributed by atoms with Crippen LogP contribution in [0, 0.1) is 10.8 Å². The minimum absolute atomic E-state index is 0. The summed E-state index contributed by atoms with van der Waals surface area (Å²) in [7, 11) is 0. The van der Waals surface area contributed by atoms with E-state index in [1.165, 1.54) is 0 Å². The molecule has 0 aliphatic carbocycles. The molecular weight excluding hydrogens is 519 g/mol. The Morgan fingerprint density at radius 3 is 1.29 bits per heavy atom. The Kier molecular flexibility index (Phi) is 9.22. The first kappa shape index (κ1) is 29.2. The lowest BCUT2D eigenvalue weighted by Crippen LogP contribution is -2.45. The largest absolute Gasteiger partial charge is 0.354 e. The Labute approximate surface area is 236 Å². The highest BCUT2D eigenvalue weighted by Crippen LogP contribution is 2.31. The molecule has 3 aromatic carbocycles. The molecule has 4 N–H and O–H groups in total. The molecule has 0 amide bonds. The molecule has 0 saturated carbocycles. The molecule has 0 fully saturated rings. The number of nitrogens with one attached hydrogen (secondary N) is 4. The van der Waals surface area contributed by atoms with Crippen LogP contribution in [0.15, 0.2) is 68.7 Å². The maximum Gasteiger partial charge on any atom is 0.212 e. The van der Waals surface area contributed by atoms with E-state index in [-0.39, 0.29) is 35.6 Å². The first-order valence-electron chi connectivity index (χ1n) is 12.4. The van der Waals surface area contributed by atoms with Crippen LogP contribution in [0.2, 0.25) is 0 Å². The van der Waals surface area contributed by atoms with E-state index in [4.69, 9.17) is 0 Å². The van der Waals surface area contributed by atoms with E-state index in [1.54, 1.807) is 0 Å². The van der Waals surface area contributed by atoms with Crippen molar-refractivity contribution in [3.8, 4) is 0 Å². The van der Waals surface area contributed by atoms with Crippen LogP contribution in [0.25, 0.3) is 21.5 Å². The summed E-state index contributed by atoms with van der Waals surface area (Å²) in [5.74, 6) is 1.41. The smallest absolute Gasteiger partial charge is 0.212 e. The first-order valence-corrected chi connectivity index (χ1v) is 12.4. The highest BCUT2D eigenvalue weighted by Gasteiger charge is 2.23. The number of fused-ring (bicyclic) bond motifs is 2. The maximum atomic E-state index is 4.57. The van der Waals surface area contributed by atoms with E-state index >= 15 is 0 Å². The average molecular weight is 556 g/mol. The quantitative estimate of drug-likeness (QED) is 0.214. The van der Waals surface area contributed by atoms with Gasteiger partial charge in [0.05, 0.1) is 12.4 Å². The normalized spacial score (nSPS) is 18.1. The number of hydrogen-bond acceptors (Lipinski definition) is 8. The van der Waals surface area contributed by atoms with E-state index in [2.05, 4.69) is 118 Å². The van der Waals surface area contributed by atoms with Crippen molar-refractivity contribution in [2.24, 2.45) is 31.0 Å². The molecule has 0 bridgehead atoms. The van der Waals surface area contributed by atoms with Gasteiger partial charge < -0.3 is 10.6 Å². The van der Waals surface area contributed by atoms with Crippen molar-refractivity contribution in [3.63, 3.8) is 0 Å². The second-order valence-electron chi connectivity index (χ2n) is 11.0. The molecule has 0 saturated heterocycles. The minimum atomic E-state index is 0. The van der Waals surface area contributed by atoms with Crippen LogP contribution in [-0.4, -0.2) is 50.5 Å². The lowest BCUT2D eigenvalue weighted by Gasteiger charge is -2.28. The lowest BCUT2D eigenvalue weighted by atomic mass is 9.92. The molecular formula is C28H36Cl2N8. The van der Waals surface area contributed by atoms with Crippen molar-refractivity contribution < 1.29 is 0 Å². The Morgan fingerprint density at radius 1 is 0.658 bits per heavy atom. The van der Waals surface area contributed by atoms with Crippen molar-refractivity contribution in [3.05, 3.63) is 59.7 Å². The summed E-state index contributed by atoms with van der Waals surface area (Å²) >= 11 is 0. The number of rotatable bonds is 4. The summed E-state index contributed by atoms with van der Waals surface area (Å²) in [5, 5.41) is 20.2. The highest BCUT2D eigenvalue weighted by atomic mass is 35.5. The molecule has 3 aromatic rings. The monoisotopic (exact) mass is 554 g/mol. The Morgan fingerprint density at radius 2 is 1.00 bits per heavy atom. The predicted molar refractivity (Wildman–Crippen MR) is 166 cm³/mol. The summed E-state index contributed by atoms with van der Waals surface area (Å²) in [6.45, 7) is 12.1. The van der Waals surface area contributed by atoms with Crippen LogP contribution in [0.3, 0.4) is 0 Å². The number of nitrogens with zero attached hydrogens (tertiary/aromatic N) is 4. The second-order valence-corrected chi connectivity index (χ2v) is 11.0. The maximum absolute atomic E-state index is 4.57. The molecule has 2 aliphatic heterocycles. The van der Waals surface area contributed by atoms with Crippen LogP contribution < -0.4 is 21.5 Å². The molecule has 0 radical (unpaired) electrons. The molecule has 2 heterocycles. The summed E-state index contributed by atoms with van der Waals surface area (Å²) in [4.78, 5) is 9.15. The van der Waals surface area contributed by atoms with Crippen LogP contribution in [0.5, 0.6) is 0 Å². The van der Waals surface area contributed by atoms with Crippen molar-refractivity contribution in [1.29, 1.82) is 0 Å². The predicted octanol–water partition coefficient (Wildman–Crippen LogP) is 4.65. The molecule has 8 nitrogen and oxygen atoms in total. The third-order valence-corrected chi connectivity index (χ3v) is 6.54. The van der Waals surface area contributed by atoms with Crippen molar-refractivity contribution >= 4 is 70.7 Å².